The van der Waals surface area contributed by atoms with Crippen molar-refractivity contribution in [3.63, 3.8) is 0 Å². The van der Waals surface area contributed by atoms with Crippen LogP contribution in [-0.2, 0) is 4.79 Å². The van der Waals surface area contributed by atoms with Crippen LogP contribution in [0.1, 0.15) is 19.4 Å². The lowest BCUT2D eigenvalue weighted by atomic mass is 10.1. The number of rotatable bonds is 6. The van der Waals surface area contributed by atoms with Crippen LogP contribution < -0.4 is 19.7 Å². The molecule has 0 bridgehead atoms. The minimum absolute atomic E-state index is 0.0329. The molecular weight excluding hydrogens is 354 g/mol. The molecular formula is C22H23N3O3. The van der Waals surface area contributed by atoms with Gasteiger partial charge in [-0.15, -0.1) is 0 Å². The number of nitriles is 1. The average Bonchev–Trinajstić information content (AvgIpc) is 2.73. The van der Waals surface area contributed by atoms with E-state index in [0.29, 0.717) is 30.4 Å². The van der Waals surface area contributed by atoms with Crippen LogP contribution in [0.25, 0.3) is 6.08 Å². The van der Waals surface area contributed by atoms with Gasteiger partial charge < -0.3 is 19.7 Å². The molecule has 1 aliphatic heterocycles. The van der Waals surface area contributed by atoms with E-state index in [1.54, 1.807) is 24.3 Å². The minimum Gasteiger partial charge on any atom is -0.486 e. The van der Waals surface area contributed by atoms with Crippen molar-refractivity contribution in [3.8, 4) is 17.6 Å². The first-order valence-electron chi connectivity index (χ1n) is 9.32. The third kappa shape index (κ3) is 4.44. The number of amides is 1. The van der Waals surface area contributed by atoms with E-state index in [2.05, 4.69) is 24.1 Å². The summed E-state index contributed by atoms with van der Waals surface area (Å²) < 4.78 is 11.0. The Labute approximate surface area is 165 Å². The summed E-state index contributed by atoms with van der Waals surface area (Å²) in [5, 5.41) is 12.2. The molecule has 0 radical (unpaired) electrons. The molecule has 144 valence electrons. The Kier molecular flexibility index (Phi) is 6.18. The molecule has 1 heterocycles. The summed E-state index contributed by atoms with van der Waals surface area (Å²) in [5.41, 5.74) is 2.49. The highest BCUT2D eigenvalue weighted by Crippen LogP contribution is 2.32. The third-order valence-corrected chi connectivity index (χ3v) is 4.50. The van der Waals surface area contributed by atoms with Crippen molar-refractivity contribution in [2.75, 3.05) is 36.5 Å². The Bertz CT molecular complexity index is 910. The topological polar surface area (TPSA) is 74.6 Å². The second kappa shape index (κ2) is 8.96. The Morgan fingerprint density at radius 3 is 2.43 bits per heavy atom. The monoisotopic (exact) mass is 377 g/mol. The third-order valence-electron chi connectivity index (χ3n) is 4.50. The highest BCUT2D eigenvalue weighted by atomic mass is 16.6. The van der Waals surface area contributed by atoms with Gasteiger partial charge in [0.25, 0.3) is 5.91 Å². The van der Waals surface area contributed by atoms with Gasteiger partial charge in [-0.25, -0.2) is 0 Å². The standard InChI is InChI=1S/C22H23N3O3/c1-3-25(4-2)19-8-5-16(6-9-19)13-17(15-23)22(26)24-18-7-10-20-21(14-18)28-12-11-27-20/h5-10,13-14H,3-4,11-12H2,1-2H3,(H,24,26)/b17-13+. The minimum atomic E-state index is -0.466. The maximum absolute atomic E-state index is 12.5. The Balaban J connectivity index is 1.73. The first-order valence-corrected chi connectivity index (χ1v) is 9.32. The van der Waals surface area contributed by atoms with E-state index in [9.17, 15) is 10.1 Å². The summed E-state index contributed by atoms with van der Waals surface area (Å²) in [4.78, 5) is 14.7. The number of hydrogen-bond donors (Lipinski definition) is 1. The molecule has 0 spiro atoms. The van der Waals surface area contributed by atoms with Crippen molar-refractivity contribution in [3.05, 3.63) is 53.6 Å². The molecule has 6 nitrogen and oxygen atoms in total. The average molecular weight is 377 g/mol. The molecule has 0 atom stereocenters. The summed E-state index contributed by atoms with van der Waals surface area (Å²) in [6, 6.07) is 14.9. The van der Waals surface area contributed by atoms with E-state index < -0.39 is 5.91 Å². The largest absolute Gasteiger partial charge is 0.486 e. The Morgan fingerprint density at radius 1 is 1.11 bits per heavy atom. The van der Waals surface area contributed by atoms with Crippen molar-refractivity contribution < 1.29 is 14.3 Å². The van der Waals surface area contributed by atoms with E-state index in [-0.39, 0.29) is 5.57 Å². The fraction of sp³-hybridized carbons (Fsp3) is 0.273. The van der Waals surface area contributed by atoms with Crippen LogP contribution in [0.5, 0.6) is 11.5 Å². The molecule has 6 heteroatoms. The van der Waals surface area contributed by atoms with Crippen LogP contribution in [0.3, 0.4) is 0 Å². The quantitative estimate of drug-likeness (QED) is 0.611. The number of hydrogen-bond acceptors (Lipinski definition) is 5. The SMILES string of the molecule is CCN(CC)c1ccc(/C=C(\C#N)C(=O)Nc2ccc3c(c2)OCCO3)cc1. The number of carbonyl (C=O) groups is 1. The van der Waals surface area contributed by atoms with E-state index in [4.69, 9.17) is 9.47 Å². The first-order chi connectivity index (χ1) is 13.6. The van der Waals surface area contributed by atoms with Gasteiger partial charge in [-0.1, -0.05) is 12.1 Å². The molecule has 0 aliphatic carbocycles. The molecule has 3 rings (SSSR count). The molecule has 0 fully saturated rings. The highest BCUT2D eigenvalue weighted by molar-refractivity contribution is 6.09. The zero-order valence-electron chi connectivity index (χ0n) is 16.1. The predicted molar refractivity (Wildman–Crippen MR) is 110 cm³/mol. The molecule has 0 saturated carbocycles. The molecule has 2 aromatic carbocycles. The van der Waals surface area contributed by atoms with Crippen molar-refractivity contribution >= 4 is 23.4 Å². The Hall–Kier alpha value is -3.46. The summed E-state index contributed by atoms with van der Waals surface area (Å²) in [6.07, 6.45) is 1.58. The number of nitrogens with one attached hydrogen (secondary N) is 1. The number of ether oxygens (including phenoxy) is 2. The molecule has 1 amide bonds. The zero-order valence-corrected chi connectivity index (χ0v) is 16.1. The van der Waals surface area contributed by atoms with Crippen LogP contribution in [0.2, 0.25) is 0 Å². The van der Waals surface area contributed by atoms with Gasteiger partial charge in [0.05, 0.1) is 0 Å². The normalized spacial score (nSPS) is 12.8. The van der Waals surface area contributed by atoms with E-state index in [0.717, 1.165) is 24.3 Å². The van der Waals surface area contributed by atoms with Crippen molar-refractivity contribution in [1.82, 2.24) is 0 Å². The highest BCUT2D eigenvalue weighted by Gasteiger charge is 2.14. The van der Waals surface area contributed by atoms with Crippen molar-refractivity contribution in [2.45, 2.75) is 13.8 Å². The second-order valence-corrected chi connectivity index (χ2v) is 6.25. The number of carbonyl (C=O) groups excluding carboxylic acids is 1. The van der Waals surface area contributed by atoms with Gasteiger partial charge in [-0.05, 0) is 49.8 Å². The van der Waals surface area contributed by atoms with Gasteiger partial charge in [0.15, 0.2) is 11.5 Å². The maximum Gasteiger partial charge on any atom is 0.266 e. The zero-order chi connectivity index (χ0) is 19.9. The number of anilines is 2. The van der Waals surface area contributed by atoms with Crippen LogP contribution in [0.15, 0.2) is 48.0 Å². The van der Waals surface area contributed by atoms with Crippen LogP contribution >= 0.6 is 0 Å². The van der Waals surface area contributed by atoms with Gasteiger partial charge >= 0.3 is 0 Å². The van der Waals surface area contributed by atoms with Crippen LogP contribution in [0, 0.1) is 11.3 Å². The summed E-state index contributed by atoms with van der Waals surface area (Å²) in [5.74, 6) is 0.763. The molecule has 28 heavy (non-hydrogen) atoms. The van der Waals surface area contributed by atoms with Gasteiger partial charge in [-0.2, -0.15) is 5.26 Å². The summed E-state index contributed by atoms with van der Waals surface area (Å²) in [6.45, 7) is 7.03. The molecule has 0 unspecified atom stereocenters. The first kappa shape index (κ1) is 19.3. The second-order valence-electron chi connectivity index (χ2n) is 6.25. The maximum atomic E-state index is 12.5. The fourth-order valence-corrected chi connectivity index (χ4v) is 3.00. The summed E-state index contributed by atoms with van der Waals surface area (Å²) in [7, 11) is 0. The van der Waals surface area contributed by atoms with E-state index in [1.165, 1.54) is 0 Å². The lowest BCUT2D eigenvalue weighted by molar-refractivity contribution is -0.112. The van der Waals surface area contributed by atoms with Crippen molar-refractivity contribution in [2.24, 2.45) is 0 Å². The molecule has 2 aromatic rings. The summed E-state index contributed by atoms with van der Waals surface area (Å²) >= 11 is 0. The van der Waals surface area contributed by atoms with Gasteiger partial charge in [-0.3, -0.25) is 4.79 Å². The predicted octanol–water partition coefficient (Wildman–Crippen LogP) is 3.85. The lowest BCUT2D eigenvalue weighted by Crippen LogP contribution is -2.21. The van der Waals surface area contributed by atoms with Gasteiger partial charge in [0.1, 0.15) is 24.9 Å². The molecule has 1 N–H and O–H groups in total. The van der Waals surface area contributed by atoms with Crippen LogP contribution in [0.4, 0.5) is 11.4 Å². The molecule has 0 saturated heterocycles. The van der Waals surface area contributed by atoms with E-state index >= 15 is 0 Å². The molecule has 1 aliphatic rings. The van der Waals surface area contributed by atoms with E-state index in [1.807, 2.05) is 30.3 Å². The van der Waals surface area contributed by atoms with Gasteiger partial charge in [0.2, 0.25) is 0 Å². The molecule has 0 aromatic heterocycles. The number of fused-ring (bicyclic) bond motifs is 1. The number of nitrogens with zero attached hydrogens (tertiary/aromatic N) is 2. The smallest absolute Gasteiger partial charge is 0.266 e. The lowest BCUT2D eigenvalue weighted by Gasteiger charge is -2.20. The number of benzene rings is 2. The van der Waals surface area contributed by atoms with Gasteiger partial charge in [0, 0.05) is 30.5 Å². The van der Waals surface area contributed by atoms with Crippen LogP contribution in [-0.4, -0.2) is 32.2 Å². The fourth-order valence-electron chi connectivity index (χ4n) is 3.00. The van der Waals surface area contributed by atoms with Crippen molar-refractivity contribution in [1.29, 1.82) is 5.26 Å². The Morgan fingerprint density at radius 2 is 1.79 bits per heavy atom.